The molecule has 1 aromatic heterocycles. The van der Waals surface area contributed by atoms with Crippen LogP contribution in [0.3, 0.4) is 0 Å². The SMILES string of the molecule is COc1ccc2oc(-c3cccc(C(=O)O)c3)nc2c1. The van der Waals surface area contributed by atoms with Crippen molar-refractivity contribution in [2.45, 2.75) is 0 Å². The number of benzene rings is 2. The summed E-state index contributed by atoms with van der Waals surface area (Å²) >= 11 is 0. The van der Waals surface area contributed by atoms with E-state index in [0.29, 0.717) is 28.3 Å². The molecular formula is C15H11NO4. The number of carboxylic acids is 1. The molecule has 0 saturated carbocycles. The zero-order valence-corrected chi connectivity index (χ0v) is 10.7. The zero-order valence-electron chi connectivity index (χ0n) is 10.7. The number of hydrogen-bond donors (Lipinski definition) is 1. The summed E-state index contributed by atoms with van der Waals surface area (Å²) in [4.78, 5) is 15.3. The Morgan fingerprint density at radius 3 is 2.85 bits per heavy atom. The minimum atomic E-state index is -0.982. The summed E-state index contributed by atoms with van der Waals surface area (Å²) in [6.45, 7) is 0. The largest absolute Gasteiger partial charge is 0.497 e. The second-order valence-electron chi connectivity index (χ2n) is 4.24. The first-order valence-electron chi connectivity index (χ1n) is 5.95. The number of aromatic nitrogens is 1. The van der Waals surface area contributed by atoms with E-state index in [2.05, 4.69) is 4.98 Å². The van der Waals surface area contributed by atoms with Crippen LogP contribution in [0.4, 0.5) is 0 Å². The number of fused-ring (bicyclic) bond motifs is 1. The van der Waals surface area contributed by atoms with Gasteiger partial charge in [-0.2, -0.15) is 0 Å². The van der Waals surface area contributed by atoms with E-state index < -0.39 is 5.97 Å². The van der Waals surface area contributed by atoms with Crippen LogP contribution >= 0.6 is 0 Å². The highest BCUT2D eigenvalue weighted by atomic mass is 16.5. The van der Waals surface area contributed by atoms with Crippen LogP contribution in [0.1, 0.15) is 10.4 Å². The van der Waals surface area contributed by atoms with Gasteiger partial charge in [0.1, 0.15) is 11.3 Å². The lowest BCUT2D eigenvalue weighted by molar-refractivity contribution is 0.0697. The average molecular weight is 269 g/mol. The molecule has 20 heavy (non-hydrogen) atoms. The summed E-state index contributed by atoms with van der Waals surface area (Å²) in [5.41, 5.74) is 2.11. The number of aromatic carboxylic acids is 1. The van der Waals surface area contributed by atoms with Crippen LogP contribution in [0.2, 0.25) is 0 Å². The van der Waals surface area contributed by atoms with E-state index in [1.165, 1.54) is 12.1 Å². The Labute approximate surface area is 114 Å². The number of rotatable bonds is 3. The van der Waals surface area contributed by atoms with E-state index in [0.717, 1.165) is 0 Å². The molecule has 5 heteroatoms. The van der Waals surface area contributed by atoms with Crippen molar-refractivity contribution in [2.24, 2.45) is 0 Å². The number of carboxylic acid groups (broad SMARTS) is 1. The molecule has 100 valence electrons. The molecule has 0 radical (unpaired) electrons. The summed E-state index contributed by atoms with van der Waals surface area (Å²) in [6.07, 6.45) is 0. The van der Waals surface area contributed by atoms with Gasteiger partial charge in [0.05, 0.1) is 12.7 Å². The first-order chi connectivity index (χ1) is 9.67. The smallest absolute Gasteiger partial charge is 0.335 e. The summed E-state index contributed by atoms with van der Waals surface area (Å²) in [7, 11) is 1.58. The lowest BCUT2D eigenvalue weighted by atomic mass is 10.1. The van der Waals surface area contributed by atoms with Gasteiger partial charge in [0.15, 0.2) is 5.58 Å². The maximum Gasteiger partial charge on any atom is 0.335 e. The Balaban J connectivity index is 2.10. The molecule has 0 atom stereocenters. The van der Waals surface area contributed by atoms with Crippen molar-refractivity contribution in [1.29, 1.82) is 0 Å². The van der Waals surface area contributed by atoms with Crippen LogP contribution in [0.5, 0.6) is 5.75 Å². The third-order valence-electron chi connectivity index (χ3n) is 2.95. The highest BCUT2D eigenvalue weighted by Gasteiger charge is 2.11. The summed E-state index contributed by atoms with van der Waals surface area (Å²) in [5.74, 6) is 0.0950. The molecule has 0 amide bonds. The van der Waals surface area contributed by atoms with Gasteiger partial charge in [-0.15, -0.1) is 0 Å². The maximum atomic E-state index is 11.0. The number of ether oxygens (including phenoxy) is 1. The third kappa shape index (κ3) is 2.09. The zero-order chi connectivity index (χ0) is 14.1. The normalized spacial score (nSPS) is 10.7. The molecule has 3 rings (SSSR count). The number of hydrogen-bond acceptors (Lipinski definition) is 4. The molecule has 0 aliphatic heterocycles. The fourth-order valence-corrected chi connectivity index (χ4v) is 1.94. The van der Waals surface area contributed by atoms with Gasteiger partial charge in [-0.25, -0.2) is 9.78 Å². The average Bonchev–Trinajstić information content (AvgIpc) is 2.90. The molecule has 1 N–H and O–H groups in total. The van der Waals surface area contributed by atoms with Crippen LogP contribution in [0, 0.1) is 0 Å². The first-order valence-corrected chi connectivity index (χ1v) is 5.95. The molecule has 1 heterocycles. The third-order valence-corrected chi connectivity index (χ3v) is 2.95. The minimum Gasteiger partial charge on any atom is -0.497 e. The van der Waals surface area contributed by atoms with E-state index in [1.807, 2.05) is 0 Å². The Morgan fingerprint density at radius 2 is 2.10 bits per heavy atom. The van der Waals surface area contributed by atoms with Crippen molar-refractivity contribution in [2.75, 3.05) is 7.11 Å². The fraction of sp³-hybridized carbons (Fsp3) is 0.0667. The summed E-state index contributed by atoms with van der Waals surface area (Å²) in [5, 5.41) is 9.00. The number of carbonyl (C=O) groups is 1. The highest BCUT2D eigenvalue weighted by Crippen LogP contribution is 2.27. The molecule has 0 aliphatic carbocycles. The standard InChI is InChI=1S/C15H11NO4/c1-19-11-5-6-13-12(8-11)16-14(20-13)9-3-2-4-10(7-9)15(17)18/h2-8H,1H3,(H,17,18). The quantitative estimate of drug-likeness (QED) is 0.790. The van der Waals surface area contributed by atoms with E-state index in [4.69, 9.17) is 14.3 Å². The van der Waals surface area contributed by atoms with E-state index in [9.17, 15) is 4.79 Å². The molecule has 2 aromatic carbocycles. The summed E-state index contributed by atoms with van der Waals surface area (Å²) in [6, 6.07) is 11.8. The topological polar surface area (TPSA) is 72.6 Å². The minimum absolute atomic E-state index is 0.197. The lowest BCUT2D eigenvalue weighted by Gasteiger charge is -1.97. The van der Waals surface area contributed by atoms with Crippen LogP contribution < -0.4 is 4.74 Å². The Hall–Kier alpha value is -2.82. The van der Waals surface area contributed by atoms with Gasteiger partial charge in [-0.05, 0) is 30.3 Å². The van der Waals surface area contributed by atoms with Crippen molar-refractivity contribution in [3.63, 3.8) is 0 Å². The maximum absolute atomic E-state index is 11.0. The molecule has 5 nitrogen and oxygen atoms in total. The molecule has 0 aliphatic rings. The second-order valence-corrected chi connectivity index (χ2v) is 4.24. The van der Waals surface area contributed by atoms with E-state index >= 15 is 0 Å². The fourth-order valence-electron chi connectivity index (χ4n) is 1.94. The monoisotopic (exact) mass is 269 g/mol. The Morgan fingerprint density at radius 1 is 1.25 bits per heavy atom. The van der Waals surface area contributed by atoms with Gasteiger partial charge in [-0.3, -0.25) is 0 Å². The molecule has 0 fully saturated rings. The number of oxazole rings is 1. The Kier molecular flexibility index (Phi) is 2.87. The molecule has 3 aromatic rings. The van der Waals surface area contributed by atoms with Gasteiger partial charge in [-0.1, -0.05) is 6.07 Å². The van der Waals surface area contributed by atoms with Crippen molar-refractivity contribution in [3.8, 4) is 17.2 Å². The van der Waals surface area contributed by atoms with Gasteiger partial charge in [0.2, 0.25) is 5.89 Å². The van der Waals surface area contributed by atoms with Crippen molar-refractivity contribution in [1.82, 2.24) is 4.98 Å². The molecular weight excluding hydrogens is 258 g/mol. The van der Waals surface area contributed by atoms with Gasteiger partial charge in [0, 0.05) is 11.6 Å². The van der Waals surface area contributed by atoms with E-state index in [1.54, 1.807) is 37.4 Å². The number of methoxy groups -OCH3 is 1. The van der Waals surface area contributed by atoms with Crippen molar-refractivity contribution in [3.05, 3.63) is 48.0 Å². The van der Waals surface area contributed by atoms with Crippen LogP contribution in [-0.4, -0.2) is 23.2 Å². The number of nitrogens with zero attached hydrogens (tertiary/aromatic N) is 1. The van der Waals surface area contributed by atoms with Crippen molar-refractivity contribution >= 4 is 17.1 Å². The predicted octanol–water partition coefficient (Wildman–Crippen LogP) is 3.20. The van der Waals surface area contributed by atoms with Crippen LogP contribution in [-0.2, 0) is 0 Å². The van der Waals surface area contributed by atoms with Crippen LogP contribution in [0.25, 0.3) is 22.6 Å². The molecule has 0 saturated heterocycles. The highest BCUT2D eigenvalue weighted by molar-refractivity contribution is 5.89. The van der Waals surface area contributed by atoms with Gasteiger partial charge < -0.3 is 14.3 Å². The molecule has 0 bridgehead atoms. The van der Waals surface area contributed by atoms with E-state index in [-0.39, 0.29) is 5.56 Å². The first kappa shape index (κ1) is 12.2. The lowest BCUT2D eigenvalue weighted by Crippen LogP contribution is -1.95. The second kappa shape index (κ2) is 4.70. The van der Waals surface area contributed by atoms with Crippen LogP contribution in [0.15, 0.2) is 46.9 Å². The summed E-state index contributed by atoms with van der Waals surface area (Å²) < 4.78 is 10.8. The predicted molar refractivity (Wildman–Crippen MR) is 73.0 cm³/mol. The molecule has 0 spiro atoms. The van der Waals surface area contributed by atoms with Gasteiger partial charge in [0.25, 0.3) is 0 Å². The van der Waals surface area contributed by atoms with Crippen molar-refractivity contribution < 1.29 is 19.1 Å². The molecule has 0 unspecified atom stereocenters. The van der Waals surface area contributed by atoms with Gasteiger partial charge >= 0.3 is 5.97 Å². The Bertz CT molecular complexity index is 791.